The third-order valence-electron chi connectivity index (χ3n) is 4.84. The van der Waals surface area contributed by atoms with Crippen molar-refractivity contribution in [2.75, 3.05) is 21.2 Å². The van der Waals surface area contributed by atoms with Crippen LogP contribution in [0.1, 0.15) is 22.6 Å². The number of methoxy groups -OCH3 is 1. The van der Waals surface area contributed by atoms with Gasteiger partial charge < -0.3 is 19.9 Å². The van der Waals surface area contributed by atoms with E-state index in [1.807, 2.05) is 56.4 Å². The molecule has 0 bridgehead atoms. The first kappa shape index (κ1) is 20.4. The lowest BCUT2D eigenvalue weighted by molar-refractivity contribution is 0.406. The van der Waals surface area contributed by atoms with Crippen LogP contribution in [0.5, 0.6) is 5.75 Å². The first-order valence-corrected chi connectivity index (χ1v) is 9.53. The number of H-pyrrole nitrogens is 1. The number of ether oxygens (including phenoxy) is 1. The lowest BCUT2D eigenvalue weighted by Crippen LogP contribution is -2.38. The van der Waals surface area contributed by atoms with Crippen LogP contribution in [0.25, 0.3) is 11.3 Å². The van der Waals surface area contributed by atoms with Gasteiger partial charge in [-0.3, -0.25) is 9.98 Å². The third-order valence-corrected chi connectivity index (χ3v) is 4.84. The number of pyridine rings is 1. The minimum atomic E-state index is 0.562. The molecule has 0 fully saturated rings. The molecule has 0 unspecified atom stereocenters. The smallest absolute Gasteiger partial charge is 0.194 e. The van der Waals surface area contributed by atoms with Crippen molar-refractivity contribution in [1.82, 2.24) is 25.2 Å². The quantitative estimate of drug-likeness (QED) is 0.497. The van der Waals surface area contributed by atoms with Crippen molar-refractivity contribution in [3.8, 4) is 17.0 Å². The number of aliphatic imine (C=N–C) groups is 1. The molecule has 0 aliphatic heterocycles. The summed E-state index contributed by atoms with van der Waals surface area (Å²) in [6.07, 6.45) is 3.70. The third kappa shape index (κ3) is 4.74. The Balaban J connectivity index is 1.65. The van der Waals surface area contributed by atoms with E-state index in [4.69, 9.17) is 4.74 Å². The normalized spacial score (nSPS) is 11.4. The molecule has 2 N–H and O–H groups in total. The maximum absolute atomic E-state index is 5.49. The Bertz CT molecular complexity index is 980. The van der Waals surface area contributed by atoms with Gasteiger partial charge >= 0.3 is 0 Å². The fraction of sp³-hybridized carbons (Fsp3) is 0.318. The predicted octanol–water partition coefficient (Wildman–Crippen LogP) is 3.30. The highest BCUT2D eigenvalue weighted by Crippen LogP contribution is 2.23. The first-order chi connectivity index (χ1) is 14.0. The van der Waals surface area contributed by atoms with E-state index in [0.717, 1.165) is 45.6 Å². The molecule has 1 aromatic carbocycles. The highest BCUT2D eigenvalue weighted by molar-refractivity contribution is 5.79. The summed E-state index contributed by atoms with van der Waals surface area (Å²) in [6.45, 7) is 5.19. The monoisotopic (exact) mass is 392 g/mol. The molecule has 152 valence electrons. The summed E-state index contributed by atoms with van der Waals surface area (Å²) in [5.41, 5.74) is 5.13. The van der Waals surface area contributed by atoms with Crippen LogP contribution in [0, 0.1) is 13.8 Å². The Morgan fingerprint density at radius 1 is 1.17 bits per heavy atom. The van der Waals surface area contributed by atoms with Crippen LogP contribution in [0.4, 0.5) is 0 Å². The molecule has 0 spiro atoms. The summed E-state index contributed by atoms with van der Waals surface area (Å²) in [7, 11) is 5.44. The van der Waals surface area contributed by atoms with Crippen LogP contribution >= 0.6 is 0 Å². The predicted molar refractivity (Wildman–Crippen MR) is 116 cm³/mol. The van der Waals surface area contributed by atoms with Gasteiger partial charge in [0.25, 0.3) is 0 Å². The van der Waals surface area contributed by atoms with Gasteiger partial charge in [0.1, 0.15) is 11.6 Å². The molecule has 2 aromatic heterocycles. The molecule has 7 heteroatoms. The van der Waals surface area contributed by atoms with E-state index in [2.05, 4.69) is 37.4 Å². The second-order valence-corrected chi connectivity index (χ2v) is 6.91. The van der Waals surface area contributed by atoms with Gasteiger partial charge in [-0.25, -0.2) is 4.98 Å². The van der Waals surface area contributed by atoms with Crippen molar-refractivity contribution in [1.29, 1.82) is 0 Å². The number of nitrogens with one attached hydrogen (secondary N) is 2. The molecule has 0 radical (unpaired) electrons. The van der Waals surface area contributed by atoms with Gasteiger partial charge in [0.2, 0.25) is 0 Å². The van der Waals surface area contributed by atoms with Crippen LogP contribution in [0.2, 0.25) is 0 Å². The van der Waals surface area contributed by atoms with E-state index in [9.17, 15) is 0 Å². The average molecular weight is 393 g/mol. The molecule has 0 atom stereocenters. The molecular formula is C22H28N6O. The molecular weight excluding hydrogens is 364 g/mol. The zero-order chi connectivity index (χ0) is 20.8. The number of nitrogens with zero attached hydrogens (tertiary/aromatic N) is 4. The number of imidazole rings is 1. The van der Waals surface area contributed by atoms with E-state index in [-0.39, 0.29) is 0 Å². The van der Waals surface area contributed by atoms with Gasteiger partial charge in [0, 0.05) is 31.4 Å². The van der Waals surface area contributed by atoms with Crippen LogP contribution in [-0.4, -0.2) is 47.0 Å². The fourth-order valence-corrected chi connectivity index (χ4v) is 3.30. The number of hydrogen-bond donors (Lipinski definition) is 2. The van der Waals surface area contributed by atoms with Crippen molar-refractivity contribution in [2.24, 2.45) is 4.99 Å². The number of aryl methyl sites for hydroxylation is 1. The standard InChI is InChI=1S/C22H28N6O/c1-15-11-24-18(16(2)21(15)29-5)12-26-22(23-3)28(4)14-20-25-13-19(27-20)17-9-7-6-8-10-17/h6-11,13H,12,14H2,1-5H3,(H,23,26)(H,25,27). The molecule has 3 aromatic rings. The van der Waals surface area contributed by atoms with E-state index >= 15 is 0 Å². The summed E-state index contributed by atoms with van der Waals surface area (Å²) in [5.74, 6) is 2.52. The van der Waals surface area contributed by atoms with Crippen molar-refractivity contribution in [3.63, 3.8) is 0 Å². The summed E-state index contributed by atoms with van der Waals surface area (Å²) >= 11 is 0. The van der Waals surface area contributed by atoms with E-state index < -0.39 is 0 Å². The van der Waals surface area contributed by atoms with Crippen molar-refractivity contribution in [2.45, 2.75) is 26.9 Å². The zero-order valence-electron chi connectivity index (χ0n) is 17.7. The highest BCUT2D eigenvalue weighted by Gasteiger charge is 2.13. The Hall–Kier alpha value is -3.35. The Morgan fingerprint density at radius 3 is 2.62 bits per heavy atom. The van der Waals surface area contributed by atoms with Crippen molar-refractivity contribution < 1.29 is 4.74 Å². The second kappa shape index (κ2) is 9.23. The SMILES string of the molecule is CN=C(NCc1ncc(C)c(OC)c1C)N(C)Cc1ncc(-c2ccccc2)[nH]1. The summed E-state index contributed by atoms with van der Waals surface area (Å²) in [4.78, 5) is 18.8. The lowest BCUT2D eigenvalue weighted by atomic mass is 10.1. The lowest BCUT2D eigenvalue weighted by Gasteiger charge is -2.21. The van der Waals surface area contributed by atoms with Crippen molar-refractivity contribution in [3.05, 3.63) is 65.4 Å². The first-order valence-electron chi connectivity index (χ1n) is 9.53. The van der Waals surface area contributed by atoms with Crippen LogP contribution in [0.15, 0.2) is 47.7 Å². The van der Waals surface area contributed by atoms with Crippen LogP contribution in [-0.2, 0) is 13.1 Å². The van der Waals surface area contributed by atoms with Crippen molar-refractivity contribution >= 4 is 5.96 Å². The molecule has 0 aliphatic rings. The zero-order valence-corrected chi connectivity index (χ0v) is 17.7. The number of guanidine groups is 1. The molecule has 7 nitrogen and oxygen atoms in total. The van der Waals surface area contributed by atoms with E-state index in [0.29, 0.717) is 13.1 Å². The Morgan fingerprint density at radius 2 is 1.93 bits per heavy atom. The number of rotatable bonds is 6. The molecule has 3 rings (SSSR count). The maximum atomic E-state index is 5.49. The van der Waals surface area contributed by atoms with Crippen LogP contribution < -0.4 is 10.1 Å². The molecule has 0 aliphatic carbocycles. The summed E-state index contributed by atoms with van der Waals surface area (Å²) in [5, 5.41) is 3.37. The summed E-state index contributed by atoms with van der Waals surface area (Å²) < 4.78 is 5.49. The Kier molecular flexibility index (Phi) is 6.49. The molecule has 0 saturated heterocycles. The van der Waals surface area contributed by atoms with Gasteiger partial charge in [-0.2, -0.15) is 0 Å². The van der Waals surface area contributed by atoms with Gasteiger partial charge in [0.15, 0.2) is 5.96 Å². The Labute approximate surface area is 171 Å². The number of aromatic nitrogens is 3. The van der Waals surface area contributed by atoms with Crippen LogP contribution in [0.3, 0.4) is 0 Å². The maximum Gasteiger partial charge on any atom is 0.194 e. The van der Waals surface area contributed by atoms with E-state index in [1.165, 1.54) is 0 Å². The molecule has 0 saturated carbocycles. The van der Waals surface area contributed by atoms with Gasteiger partial charge in [-0.15, -0.1) is 0 Å². The average Bonchev–Trinajstić information content (AvgIpc) is 3.19. The topological polar surface area (TPSA) is 78.4 Å². The van der Waals surface area contributed by atoms with Gasteiger partial charge in [-0.05, 0) is 19.4 Å². The summed E-state index contributed by atoms with van der Waals surface area (Å²) in [6, 6.07) is 10.2. The van der Waals surface area contributed by atoms with Gasteiger partial charge in [0.05, 0.1) is 37.8 Å². The second-order valence-electron chi connectivity index (χ2n) is 6.91. The fourth-order valence-electron chi connectivity index (χ4n) is 3.30. The molecule has 2 heterocycles. The largest absolute Gasteiger partial charge is 0.496 e. The molecule has 29 heavy (non-hydrogen) atoms. The van der Waals surface area contributed by atoms with E-state index in [1.54, 1.807) is 14.2 Å². The number of aromatic amines is 1. The minimum absolute atomic E-state index is 0.562. The van der Waals surface area contributed by atoms with Gasteiger partial charge in [-0.1, -0.05) is 30.3 Å². The molecule has 0 amide bonds. The number of hydrogen-bond acceptors (Lipinski definition) is 4. The number of benzene rings is 1. The highest BCUT2D eigenvalue weighted by atomic mass is 16.5. The minimum Gasteiger partial charge on any atom is -0.496 e.